The lowest BCUT2D eigenvalue weighted by molar-refractivity contribution is 0.0273. The van der Waals surface area contributed by atoms with Crippen LogP contribution in [-0.4, -0.2) is 40.1 Å². The Morgan fingerprint density at radius 1 is 1.06 bits per heavy atom. The van der Waals surface area contributed by atoms with E-state index in [4.69, 9.17) is 9.47 Å². The summed E-state index contributed by atoms with van der Waals surface area (Å²) in [4.78, 5) is 40.7. The van der Waals surface area contributed by atoms with E-state index < -0.39 is 11.7 Å². The summed E-state index contributed by atoms with van der Waals surface area (Å²) in [5, 5.41) is 2.31. The fourth-order valence-electron chi connectivity index (χ4n) is 2.96. The largest absolute Gasteiger partial charge is 0.458 e. The van der Waals surface area contributed by atoms with Crippen molar-refractivity contribution in [1.82, 2.24) is 9.55 Å². The van der Waals surface area contributed by atoms with Crippen LogP contribution in [0.25, 0.3) is 0 Å². The highest BCUT2D eigenvalue weighted by molar-refractivity contribution is 8.00. The number of benzene rings is 2. The molecule has 3 aromatic rings. The van der Waals surface area contributed by atoms with Crippen LogP contribution in [0, 0.1) is 0 Å². The van der Waals surface area contributed by atoms with E-state index in [2.05, 4.69) is 10.3 Å². The molecule has 158 valence electrons. The van der Waals surface area contributed by atoms with Crippen molar-refractivity contribution in [2.24, 2.45) is 0 Å². The lowest BCUT2D eigenvalue weighted by Gasteiger charge is -2.13. The van der Waals surface area contributed by atoms with Gasteiger partial charge in [0, 0.05) is 11.8 Å². The van der Waals surface area contributed by atoms with Crippen molar-refractivity contribution in [3.63, 3.8) is 0 Å². The predicted octanol–water partition coefficient (Wildman–Crippen LogP) is 2.94. The first kappa shape index (κ1) is 20.8. The number of aromatic nitrogens is 2. The van der Waals surface area contributed by atoms with Crippen molar-refractivity contribution >= 4 is 29.5 Å². The summed E-state index contributed by atoms with van der Waals surface area (Å²) in [6.07, 6.45) is 1.56. The van der Waals surface area contributed by atoms with E-state index >= 15 is 0 Å². The number of amides is 1. The quantitative estimate of drug-likeness (QED) is 0.592. The van der Waals surface area contributed by atoms with E-state index in [9.17, 15) is 14.4 Å². The molecule has 1 saturated heterocycles. The van der Waals surface area contributed by atoms with Crippen LogP contribution in [0.1, 0.15) is 26.1 Å². The maximum Gasteiger partial charge on any atom is 0.350 e. The third-order valence-electron chi connectivity index (χ3n) is 4.51. The van der Waals surface area contributed by atoms with Gasteiger partial charge in [0.25, 0.3) is 5.91 Å². The van der Waals surface area contributed by atoms with Crippen molar-refractivity contribution in [3.8, 4) is 0 Å². The van der Waals surface area contributed by atoms with Gasteiger partial charge in [0.1, 0.15) is 23.2 Å². The average Bonchev–Trinajstić information content (AvgIpc) is 3.27. The Balaban J connectivity index is 1.33. The molecule has 8 nitrogen and oxygen atoms in total. The van der Waals surface area contributed by atoms with Crippen LogP contribution in [0.4, 0.5) is 5.82 Å². The summed E-state index contributed by atoms with van der Waals surface area (Å²) in [6.45, 7) is 0.345. The van der Waals surface area contributed by atoms with E-state index in [1.165, 1.54) is 16.3 Å². The Hall–Kier alpha value is -3.43. The van der Waals surface area contributed by atoms with E-state index in [1.807, 2.05) is 12.1 Å². The molecule has 2 aromatic carbocycles. The molecule has 0 radical (unpaired) electrons. The van der Waals surface area contributed by atoms with E-state index in [1.54, 1.807) is 60.8 Å². The van der Waals surface area contributed by atoms with Gasteiger partial charge in [-0.1, -0.05) is 48.2 Å². The fraction of sp³-hybridized carbons (Fsp3) is 0.182. The highest BCUT2D eigenvalue weighted by Crippen LogP contribution is 2.34. The Labute approximate surface area is 182 Å². The van der Waals surface area contributed by atoms with Gasteiger partial charge in [0.15, 0.2) is 0 Å². The normalized spacial score (nSPS) is 17.8. The van der Waals surface area contributed by atoms with Gasteiger partial charge in [0.2, 0.25) is 0 Å². The third-order valence-corrected chi connectivity index (χ3v) is 5.76. The standard InChI is InChI=1S/C22H19N3O5S/c26-20(15-7-3-1-4-8-15)23-17-11-12-25(22(28)24-17)18-13-29-19(31-18)14-30-21(27)16-9-5-2-6-10-16/h1-12,18-19H,13-14H2,(H,23,24,26,28)/t18-,19+/m1/s1. The van der Waals surface area contributed by atoms with Gasteiger partial charge in [-0.2, -0.15) is 4.98 Å². The Morgan fingerprint density at radius 3 is 2.42 bits per heavy atom. The summed E-state index contributed by atoms with van der Waals surface area (Å²) in [6, 6.07) is 18.9. The number of carbonyl (C=O) groups is 2. The summed E-state index contributed by atoms with van der Waals surface area (Å²) >= 11 is 1.37. The molecule has 0 saturated carbocycles. The Bertz CT molecular complexity index is 1120. The number of nitrogens with zero attached hydrogens (tertiary/aromatic N) is 2. The summed E-state index contributed by atoms with van der Waals surface area (Å²) in [5.41, 5.74) is 0.0487. The van der Waals surface area contributed by atoms with Gasteiger partial charge in [0.05, 0.1) is 12.2 Å². The van der Waals surface area contributed by atoms with Crippen molar-refractivity contribution in [3.05, 3.63) is 94.5 Å². The maximum atomic E-state index is 12.4. The van der Waals surface area contributed by atoms with Gasteiger partial charge >= 0.3 is 11.7 Å². The van der Waals surface area contributed by atoms with Crippen LogP contribution >= 0.6 is 11.8 Å². The van der Waals surface area contributed by atoms with Crippen molar-refractivity contribution < 1.29 is 19.1 Å². The monoisotopic (exact) mass is 437 g/mol. The first-order chi connectivity index (χ1) is 15.1. The number of anilines is 1. The van der Waals surface area contributed by atoms with Crippen LogP contribution in [0.2, 0.25) is 0 Å². The van der Waals surface area contributed by atoms with Crippen LogP contribution in [0.3, 0.4) is 0 Å². The average molecular weight is 437 g/mol. The number of hydrogen-bond acceptors (Lipinski definition) is 7. The molecule has 1 aliphatic rings. The first-order valence-electron chi connectivity index (χ1n) is 9.55. The van der Waals surface area contributed by atoms with Crippen molar-refractivity contribution in [2.45, 2.75) is 10.8 Å². The molecular weight excluding hydrogens is 418 g/mol. The molecule has 1 amide bonds. The molecular formula is C22H19N3O5S. The second kappa shape index (κ2) is 9.59. The number of ether oxygens (including phenoxy) is 2. The second-order valence-electron chi connectivity index (χ2n) is 6.64. The third kappa shape index (κ3) is 5.19. The summed E-state index contributed by atoms with van der Waals surface area (Å²) in [5.74, 6) is -0.595. The van der Waals surface area contributed by atoms with E-state index in [0.29, 0.717) is 11.1 Å². The minimum absolute atomic E-state index is 0.0717. The molecule has 1 aliphatic heterocycles. The van der Waals surface area contributed by atoms with E-state index in [-0.39, 0.29) is 35.7 Å². The molecule has 0 bridgehead atoms. The van der Waals surface area contributed by atoms with Crippen molar-refractivity contribution in [2.75, 3.05) is 18.5 Å². The molecule has 2 heterocycles. The lowest BCUT2D eigenvalue weighted by Crippen LogP contribution is -2.27. The first-order valence-corrected chi connectivity index (χ1v) is 10.5. The van der Waals surface area contributed by atoms with Gasteiger partial charge in [-0.25, -0.2) is 9.59 Å². The number of hydrogen-bond donors (Lipinski definition) is 1. The summed E-state index contributed by atoms with van der Waals surface area (Å²) < 4.78 is 12.4. The number of carbonyl (C=O) groups excluding carboxylic acids is 2. The van der Waals surface area contributed by atoms with Crippen LogP contribution < -0.4 is 11.0 Å². The number of rotatable bonds is 6. The van der Waals surface area contributed by atoms with Crippen molar-refractivity contribution in [1.29, 1.82) is 0 Å². The van der Waals surface area contributed by atoms with Gasteiger partial charge in [-0.3, -0.25) is 9.36 Å². The SMILES string of the molecule is O=C(Nc1ccn([C@H]2CO[C@H](COC(=O)c3ccccc3)S2)c(=O)n1)c1ccccc1. The predicted molar refractivity (Wildman–Crippen MR) is 116 cm³/mol. The van der Waals surface area contributed by atoms with Gasteiger partial charge < -0.3 is 14.8 Å². The maximum absolute atomic E-state index is 12.4. The molecule has 0 spiro atoms. The minimum atomic E-state index is -0.506. The van der Waals surface area contributed by atoms with Crippen LogP contribution in [0.5, 0.6) is 0 Å². The Kier molecular flexibility index (Phi) is 6.44. The number of nitrogens with one attached hydrogen (secondary N) is 1. The number of esters is 1. The zero-order valence-electron chi connectivity index (χ0n) is 16.3. The lowest BCUT2D eigenvalue weighted by atomic mass is 10.2. The topological polar surface area (TPSA) is 99.5 Å². The fourth-order valence-corrected chi connectivity index (χ4v) is 4.06. The molecule has 2 atom stereocenters. The highest BCUT2D eigenvalue weighted by atomic mass is 32.2. The molecule has 1 fully saturated rings. The smallest absolute Gasteiger partial charge is 0.350 e. The zero-order valence-corrected chi connectivity index (χ0v) is 17.2. The minimum Gasteiger partial charge on any atom is -0.458 e. The molecule has 0 aliphatic carbocycles. The second-order valence-corrected chi connectivity index (χ2v) is 7.98. The molecule has 31 heavy (non-hydrogen) atoms. The molecule has 1 N–H and O–H groups in total. The van der Waals surface area contributed by atoms with Crippen LogP contribution in [-0.2, 0) is 9.47 Å². The highest BCUT2D eigenvalue weighted by Gasteiger charge is 2.29. The molecule has 0 unspecified atom stereocenters. The van der Waals surface area contributed by atoms with Gasteiger partial charge in [-0.05, 0) is 30.3 Å². The molecule has 1 aromatic heterocycles. The molecule has 4 rings (SSSR count). The zero-order chi connectivity index (χ0) is 21.6. The van der Waals surface area contributed by atoms with Crippen LogP contribution in [0.15, 0.2) is 77.7 Å². The summed E-state index contributed by atoms with van der Waals surface area (Å²) in [7, 11) is 0. The van der Waals surface area contributed by atoms with Gasteiger partial charge in [-0.15, -0.1) is 0 Å². The Morgan fingerprint density at radius 2 is 1.74 bits per heavy atom. The molecule has 9 heteroatoms. The van der Waals surface area contributed by atoms with E-state index in [0.717, 1.165) is 0 Å². The number of thioether (sulfide) groups is 1.